The second kappa shape index (κ2) is 16.3. The number of benzene rings is 5. The van der Waals surface area contributed by atoms with E-state index in [1.807, 2.05) is 0 Å². The molecule has 0 aromatic heterocycles. The van der Waals surface area contributed by atoms with Crippen LogP contribution in [0.4, 0.5) is 0 Å². The molecule has 0 radical (unpaired) electrons. The normalized spacial score (nSPS) is 12.8. The number of hydrogen-bond acceptors (Lipinski definition) is 2. The second-order valence-electron chi connectivity index (χ2n) is 12.3. The first-order valence-electron chi connectivity index (χ1n) is 16.8. The molecule has 232 valence electrons. The van der Waals surface area contributed by atoms with Crippen LogP contribution in [0.3, 0.4) is 0 Å². The summed E-state index contributed by atoms with van der Waals surface area (Å²) >= 11 is 0. The number of hydrogen-bond donors (Lipinski definition) is 1. The lowest BCUT2D eigenvalue weighted by molar-refractivity contribution is 0.199. The fourth-order valence-electron chi connectivity index (χ4n) is 6.94. The van der Waals surface area contributed by atoms with E-state index >= 15 is 0 Å². The van der Waals surface area contributed by atoms with Gasteiger partial charge in [0.15, 0.2) is 0 Å². The third-order valence-electron chi connectivity index (χ3n) is 9.19. The van der Waals surface area contributed by atoms with E-state index in [0.717, 1.165) is 23.3 Å². The zero-order chi connectivity index (χ0) is 31.4. The van der Waals surface area contributed by atoms with Crippen molar-refractivity contribution in [1.29, 1.82) is 0 Å². The quantitative estimate of drug-likeness (QED) is 0.122. The third kappa shape index (κ3) is 7.93. The zero-order valence-corrected chi connectivity index (χ0v) is 27.1. The van der Waals surface area contributed by atoms with Crippen molar-refractivity contribution < 1.29 is 9.84 Å². The van der Waals surface area contributed by atoms with Gasteiger partial charge in [0.1, 0.15) is 12.4 Å². The molecule has 2 unspecified atom stereocenters. The molecule has 2 heteroatoms. The highest BCUT2D eigenvalue weighted by Gasteiger charge is 2.29. The van der Waals surface area contributed by atoms with Gasteiger partial charge in [-0.1, -0.05) is 173 Å². The molecule has 0 aliphatic rings. The summed E-state index contributed by atoms with van der Waals surface area (Å²) in [7, 11) is 0. The smallest absolute Gasteiger partial charge is 0.127 e. The molecule has 2 atom stereocenters. The minimum Gasteiger partial charge on any atom is -0.491 e. The van der Waals surface area contributed by atoms with E-state index < -0.39 is 0 Å². The molecule has 5 aromatic carbocycles. The van der Waals surface area contributed by atoms with Gasteiger partial charge in [-0.25, -0.2) is 0 Å². The van der Waals surface area contributed by atoms with Crippen LogP contribution in [0.15, 0.2) is 133 Å². The Labute approximate surface area is 270 Å². The van der Waals surface area contributed by atoms with Crippen LogP contribution in [-0.2, 0) is 0 Å². The Hall–Kier alpha value is -4.14. The molecule has 0 saturated carbocycles. The highest BCUT2D eigenvalue weighted by molar-refractivity contribution is 5.59. The molecule has 0 fully saturated rings. The lowest BCUT2D eigenvalue weighted by Gasteiger charge is -2.30. The van der Waals surface area contributed by atoms with E-state index in [0.29, 0.717) is 11.8 Å². The molecule has 0 aliphatic heterocycles. The Kier molecular flexibility index (Phi) is 11.6. The summed E-state index contributed by atoms with van der Waals surface area (Å²) in [5.74, 6) is 1.88. The maximum absolute atomic E-state index is 10.0. The van der Waals surface area contributed by atoms with Gasteiger partial charge in [-0.2, -0.15) is 0 Å². The Bertz CT molecular complexity index is 1380. The summed E-state index contributed by atoms with van der Waals surface area (Å²) in [4.78, 5) is 0. The lowest BCUT2D eigenvalue weighted by atomic mass is 9.76. The minimum atomic E-state index is -0.0467. The Morgan fingerprint density at radius 2 is 0.978 bits per heavy atom. The predicted molar refractivity (Wildman–Crippen MR) is 188 cm³/mol. The standard InChI is InChI=1S/C43H48O2/c1-4-18-33(5-2)29-32(3)38-30-39(41(34-19-10-6-11-20-34)35-21-12-7-13-22-35)43(45-28-27-44)40(31-38)42(36-23-14-8-15-24-36)37-25-16-9-17-26-37/h6-17,19-26,30-33,41-42,44H,4-5,18,27-29H2,1-3H3. The molecule has 5 rings (SSSR count). The fourth-order valence-corrected chi connectivity index (χ4v) is 6.94. The van der Waals surface area contributed by atoms with Gasteiger partial charge in [0.25, 0.3) is 0 Å². The second-order valence-corrected chi connectivity index (χ2v) is 12.3. The highest BCUT2D eigenvalue weighted by atomic mass is 16.5. The molecule has 0 saturated heterocycles. The Morgan fingerprint density at radius 1 is 0.578 bits per heavy atom. The topological polar surface area (TPSA) is 29.5 Å². The monoisotopic (exact) mass is 596 g/mol. The van der Waals surface area contributed by atoms with E-state index in [2.05, 4.69) is 154 Å². The maximum atomic E-state index is 10.0. The van der Waals surface area contributed by atoms with Crippen molar-refractivity contribution in [2.75, 3.05) is 13.2 Å². The van der Waals surface area contributed by atoms with Crippen LogP contribution in [0.2, 0.25) is 0 Å². The van der Waals surface area contributed by atoms with Gasteiger partial charge >= 0.3 is 0 Å². The van der Waals surface area contributed by atoms with Crippen molar-refractivity contribution in [2.24, 2.45) is 5.92 Å². The van der Waals surface area contributed by atoms with Crippen LogP contribution in [-0.4, -0.2) is 18.3 Å². The molecule has 0 amide bonds. The zero-order valence-electron chi connectivity index (χ0n) is 27.1. The first kappa shape index (κ1) is 32.3. The van der Waals surface area contributed by atoms with Crippen LogP contribution in [0, 0.1) is 5.92 Å². The number of ether oxygens (including phenoxy) is 1. The maximum Gasteiger partial charge on any atom is 0.127 e. The highest BCUT2D eigenvalue weighted by Crippen LogP contribution is 2.47. The third-order valence-corrected chi connectivity index (χ3v) is 9.19. The van der Waals surface area contributed by atoms with E-state index in [9.17, 15) is 5.11 Å². The lowest BCUT2D eigenvalue weighted by Crippen LogP contribution is -2.15. The summed E-state index contributed by atoms with van der Waals surface area (Å²) in [6.45, 7) is 7.21. The van der Waals surface area contributed by atoms with Crippen LogP contribution in [0.5, 0.6) is 5.75 Å². The van der Waals surface area contributed by atoms with Gasteiger partial charge < -0.3 is 9.84 Å². The van der Waals surface area contributed by atoms with Crippen molar-refractivity contribution in [1.82, 2.24) is 0 Å². The van der Waals surface area contributed by atoms with Crippen LogP contribution < -0.4 is 4.74 Å². The SMILES string of the molecule is CCCC(CC)CC(C)c1cc(C(c2ccccc2)c2ccccc2)c(OCCO)c(C(c2ccccc2)c2ccccc2)c1. The molecular formula is C43H48O2. The number of rotatable bonds is 15. The van der Waals surface area contributed by atoms with Crippen LogP contribution >= 0.6 is 0 Å². The van der Waals surface area contributed by atoms with Crippen molar-refractivity contribution in [3.05, 3.63) is 172 Å². The molecular weight excluding hydrogens is 548 g/mol. The van der Waals surface area contributed by atoms with Gasteiger partial charge in [0.05, 0.1) is 6.61 Å². The van der Waals surface area contributed by atoms with E-state index in [1.165, 1.54) is 47.1 Å². The first-order chi connectivity index (χ1) is 22.1. The summed E-state index contributed by atoms with van der Waals surface area (Å²) in [6.07, 6.45) is 4.82. The fraction of sp³-hybridized carbons (Fsp3) is 0.302. The Morgan fingerprint density at radius 3 is 1.31 bits per heavy atom. The van der Waals surface area contributed by atoms with Crippen LogP contribution in [0.1, 0.15) is 103 Å². The van der Waals surface area contributed by atoms with Crippen molar-refractivity contribution in [2.45, 2.75) is 64.2 Å². The number of aliphatic hydroxyl groups is 1. The van der Waals surface area contributed by atoms with Gasteiger partial charge in [0, 0.05) is 23.0 Å². The molecule has 1 N–H and O–H groups in total. The Balaban J connectivity index is 1.82. The summed E-state index contributed by atoms with van der Waals surface area (Å²) in [5.41, 5.74) is 8.55. The minimum absolute atomic E-state index is 0.0307. The molecule has 0 bridgehead atoms. The van der Waals surface area contributed by atoms with Crippen molar-refractivity contribution in [3.63, 3.8) is 0 Å². The van der Waals surface area contributed by atoms with Gasteiger partial charge in [-0.05, 0) is 46.1 Å². The largest absolute Gasteiger partial charge is 0.491 e. The molecule has 5 aromatic rings. The van der Waals surface area contributed by atoms with Gasteiger partial charge in [-0.3, -0.25) is 0 Å². The number of aliphatic hydroxyl groups excluding tert-OH is 1. The van der Waals surface area contributed by atoms with Gasteiger partial charge in [-0.15, -0.1) is 0 Å². The molecule has 0 spiro atoms. The van der Waals surface area contributed by atoms with E-state index in [-0.39, 0.29) is 25.0 Å². The van der Waals surface area contributed by atoms with Gasteiger partial charge in [0.2, 0.25) is 0 Å². The van der Waals surface area contributed by atoms with Crippen LogP contribution in [0.25, 0.3) is 0 Å². The predicted octanol–water partition coefficient (Wildman–Crippen LogP) is 10.7. The average Bonchev–Trinajstić information content (AvgIpc) is 3.09. The summed E-state index contributed by atoms with van der Waals surface area (Å²) < 4.78 is 6.69. The molecule has 0 aliphatic carbocycles. The molecule has 0 heterocycles. The molecule has 2 nitrogen and oxygen atoms in total. The van der Waals surface area contributed by atoms with Crippen molar-refractivity contribution in [3.8, 4) is 5.75 Å². The first-order valence-corrected chi connectivity index (χ1v) is 16.8. The summed E-state index contributed by atoms with van der Waals surface area (Å²) in [5, 5.41) is 10.0. The van der Waals surface area contributed by atoms with E-state index in [4.69, 9.17) is 4.74 Å². The summed E-state index contributed by atoms with van der Waals surface area (Å²) in [6, 6.07) is 48.0. The van der Waals surface area contributed by atoms with E-state index in [1.54, 1.807) is 0 Å². The molecule has 45 heavy (non-hydrogen) atoms. The van der Waals surface area contributed by atoms with Crippen molar-refractivity contribution >= 4 is 0 Å². The average molecular weight is 597 g/mol.